The van der Waals surface area contributed by atoms with Crippen molar-refractivity contribution < 1.29 is 61.9 Å². The van der Waals surface area contributed by atoms with E-state index in [0.717, 1.165) is 0 Å². The number of carbonyl (C=O) groups is 1. The predicted molar refractivity (Wildman–Crippen MR) is 50.2 cm³/mol. The normalized spacial score (nSPS) is 7.43. The zero-order valence-electron chi connectivity index (χ0n) is 6.34. The number of hydrogen-bond donors (Lipinski definition) is 4. The SMILES string of the molecule is C.C.C=C(C)C(=O)O.O=P(O)(O)O.[Y]. The van der Waals surface area contributed by atoms with Gasteiger partial charge in [-0.05, 0) is 6.92 Å². The van der Waals surface area contributed by atoms with Gasteiger partial charge in [0.2, 0.25) is 0 Å². The Morgan fingerprint density at radius 1 is 1.21 bits per heavy atom. The van der Waals surface area contributed by atoms with Gasteiger partial charge in [-0.2, -0.15) is 0 Å². The summed E-state index contributed by atoms with van der Waals surface area (Å²) in [4.78, 5) is 31.2. The summed E-state index contributed by atoms with van der Waals surface area (Å²) in [6.45, 7) is 4.60. The van der Waals surface area contributed by atoms with Crippen LogP contribution in [0.1, 0.15) is 21.8 Å². The Bertz CT molecular complexity index is 178. The number of hydrogen-bond acceptors (Lipinski definition) is 2. The second-order valence-electron chi connectivity index (χ2n) is 1.60. The standard InChI is InChI=1S/C4H6O2.2CH4.H3O4P.Y/c1-3(2)4(5)6;;;1-5(2,3)4;/h1H2,2H3,(H,5,6);2*1H4;(H3,1,2,3,4);. The molecule has 0 aromatic carbocycles. The maximum absolute atomic E-state index is 9.60. The first-order valence-electron chi connectivity index (χ1n) is 2.31. The molecule has 0 unspecified atom stereocenters. The summed E-state index contributed by atoms with van der Waals surface area (Å²) in [6.07, 6.45) is 0. The summed E-state index contributed by atoms with van der Waals surface area (Å²) < 4.78 is 8.88. The summed E-state index contributed by atoms with van der Waals surface area (Å²) in [7, 11) is -4.64. The van der Waals surface area contributed by atoms with Gasteiger partial charge in [-0.3, -0.25) is 0 Å². The Labute approximate surface area is 109 Å². The molecule has 1 radical (unpaired) electrons. The molecule has 4 N–H and O–H groups in total. The van der Waals surface area contributed by atoms with E-state index in [-0.39, 0.29) is 53.1 Å². The maximum atomic E-state index is 9.60. The van der Waals surface area contributed by atoms with Crippen LogP contribution in [0.15, 0.2) is 12.2 Å². The van der Waals surface area contributed by atoms with E-state index in [1.807, 2.05) is 0 Å². The fourth-order valence-electron chi connectivity index (χ4n) is 0. The molecule has 0 spiro atoms. The van der Waals surface area contributed by atoms with Crippen LogP contribution < -0.4 is 0 Å². The molecule has 0 heterocycles. The van der Waals surface area contributed by atoms with Crippen molar-refractivity contribution in [3.8, 4) is 0 Å². The van der Waals surface area contributed by atoms with Gasteiger partial charge in [0.05, 0.1) is 0 Å². The third-order valence-electron chi connectivity index (χ3n) is 0.365. The molecule has 0 aliphatic heterocycles. The summed E-state index contributed by atoms with van der Waals surface area (Å²) in [6, 6.07) is 0. The molecular weight excluding hydrogens is 288 g/mol. The zero-order valence-corrected chi connectivity index (χ0v) is 10.1. The van der Waals surface area contributed by atoms with Crippen LogP contribution in [0.2, 0.25) is 0 Å². The average molecular weight is 305 g/mol. The van der Waals surface area contributed by atoms with Gasteiger partial charge in [0.25, 0.3) is 0 Å². The van der Waals surface area contributed by atoms with Crippen LogP contribution in [0.3, 0.4) is 0 Å². The van der Waals surface area contributed by atoms with Gasteiger partial charge in [0, 0.05) is 38.3 Å². The van der Waals surface area contributed by atoms with Crippen molar-refractivity contribution >= 4 is 13.8 Å². The fourth-order valence-corrected chi connectivity index (χ4v) is 0. The number of rotatable bonds is 1. The Kier molecular flexibility index (Phi) is 28.1. The van der Waals surface area contributed by atoms with Gasteiger partial charge < -0.3 is 19.8 Å². The molecule has 0 saturated heterocycles. The minimum atomic E-state index is -4.64. The van der Waals surface area contributed by atoms with E-state index in [2.05, 4.69) is 6.58 Å². The molecule has 85 valence electrons. The quantitative estimate of drug-likeness (QED) is 0.424. The summed E-state index contributed by atoms with van der Waals surface area (Å²) in [5, 5.41) is 7.89. The summed E-state index contributed by atoms with van der Waals surface area (Å²) in [5.41, 5.74) is 0.176. The molecule has 0 aromatic rings. The van der Waals surface area contributed by atoms with E-state index in [1.165, 1.54) is 6.92 Å². The molecule has 14 heavy (non-hydrogen) atoms. The van der Waals surface area contributed by atoms with Crippen molar-refractivity contribution in [3.63, 3.8) is 0 Å². The molecule has 0 atom stereocenters. The topological polar surface area (TPSA) is 115 Å². The average Bonchev–Trinajstić information content (AvgIpc) is 1.59. The van der Waals surface area contributed by atoms with Crippen molar-refractivity contribution in [1.29, 1.82) is 0 Å². The monoisotopic (exact) mass is 305 g/mol. The first-order valence-corrected chi connectivity index (χ1v) is 3.88. The van der Waals surface area contributed by atoms with E-state index in [0.29, 0.717) is 0 Å². The predicted octanol–water partition coefficient (Wildman–Crippen LogP) is 0.988. The van der Waals surface area contributed by atoms with E-state index in [4.69, 9.17) is 24.4 Å². The molecule has 8 heteroatoms. The molecule has 0 aliphatic rings. The van der Waals surface area contributed by atoms with Gasteiger partial charge in [-0.25, -0.2) is 9.36 Å². The van der Waals surface area contributed by atoms with Crippen molar-refractivity contribution in [2.24, 2.45) is 0 Å². The molecule has 0 aliphatic carbocycles. The number of carboxylic acids is 1. The molecule has 0 saturated carbocycles. The summed E-state index contributed by atoms with van der Waals surface area (Å²) >= 11 is 0. The van der Waals surface area contributed by atoms with Crippen LogP contribution in [0.4, 0.5) is 0 Å². The van der Waals surface area contributed by atoms with E-state index in [9.17, 15) is 4.79 Å². The number of aliphatic carboxylic acids is 1. The van der Waals surface area contributed by atoms with Crippen LogP contribution in [0.25, 0.3) is 0 Å². The molecule has 0 bridgehead atoms. The Balaban J connectivity index is -0.0000000321. The second-order valence-corrected chi connectivity index (χ2v) is 2.63. The van der Waals surface area contributed by atoms with Gasteiger partial charge in [0.15, 0.2) is 0 Å². The van der Waals surface area contributed by atoms with E-state index < -0.39 is 13.8 Å². The van der Waals surface area contributed by atoms with Crippen LogP contribution in [0.5, 0.6) is 0 Å². The third-order valence-corrected chi connectivity index (χ3v) is 0.365. The fraction of sp³-hybridized carbons (Fsp3) is 0.500. The zero-order chi connectivity index (χ0) is 9.65. The van der Waals surface area contributed by atoms with Crippen molar-refractivity contribution in [2.75, 3.05) is 0 Å². The molecule has 0 amide bonds. The van der Waals surface area contributed by atoms with Crippen molar-refractivity contribution in [1.82, 2.24) is 0 Å². The van der Waals surface area contributed by atoms with Crippen molar-refractivity contribution in [3.05, 3.63) is 12.2 Å². The largest absolute Gasteiger partial charge is 0.478 e. The second kappa shape index (κ2) is 13.4. The number of phosphoric acid groups is 1. The van der Waals surface area contributed by atoms with Crippen LogP contribution >= 0.6 is 7.82 Å². The Morgan fingerprint density at radius 3 is 1.29 bits per heavy atom. The number of carboxylic acid groups (broad SMARTS) is 1. The molecular formula is C6H17O6PY. The molecule has 0 rings (SSSR count). The minimum Gasteiger partial charge on any atom is -0.478 e. The van der Waals surface area contributed by atoms with Crippen LogP contribution in [0, 0.1) is 0 Å². The first-order chi connectivity index (χ1) is 4.64. The van der Waals surface area contributed by atoms with E-state index in [1.54, 1.807) is 0 Å². The van der Waals surface area contributed by atoms with Crippen LogP contribution in [-0.4, -0.2) is 25.8 Å². The van der Waals surface area contributed by atoms with Crippen LogP contribution in [-0.2, 0) is 42.1 Å². The Hall–Kier alpha value is 0.424. The smallest absolute Gasteiger partial charge is 0.466 e. The minimum absolute atomic E-state index is 0. The third kappa shape index (κ3) is 82.8. The van der Waals surface area contributed by atoms with Gasteiger partial charge in [-0.15, -0.1) is 0 Å². The maximum Gasteiger partial charge on any atom is 0.466 e. The summed E-state index contributed by atoms with van der Waals surface area (Å²) in [5.74, 6) is -0.935. The van der Waals surface area contributed by atoms with Gasteiger partial charge in [-0.1, -0.05) is 21.4 Å². The first kappa shape index (κ1) is 29.3. The molecule has 0 fully saturated rings. The Morgan fingerprint density at radius 2 is 1.29 bits per heavy atom. The van der Waals surface area contributed by atoms with Gasteiger partial charge in [0.1, 0.15) is 0 Å². The van der Waals surface area contributed by atoms with Crippen molar-refractivity contribution in [2.45, 2.75) is 21.8 Å². The molecule has 6 nitrogen and oxygen atoms in total. The van der Waals surface area contributed by atoms with Gasteiger partial charge >= 0.3 is 13.8 Å². The van der Waals surface area contributed by atoms with E-state index >= 15 is 0 Å². The molecule has 0 aromatic heterocycles.